The fraction of sp³-hybridized carbons (Fsp3) is 0.706. The zero-order valence-electron chi connectivity index (χ0n) is 15.1. The van der Waals surface area contributed by atoms with E-state index in [2.05, 4.69) is 18.9 Å². The van der Waals surface area contributed by atoms with Crippen LogP contribution in [0, 0.1) is 19.8 Å². The minimum atomic E-state index is -0.984. The van der Waals surface area contributed by atoms with Crippen LogP contribution in [-0.2, 0) is 22.6 Å². The van der Waals surface area contributed by atoms with E-state index in [4.69, 9.17) is 5.11 Å². The van der Waals surface area contributed by atoms with Crippen molar-refractivity contribution in [3.8, 4) is 0 Å². The second kappa shape index (κ2) is 8.13. The number of aryl methyl sites for hydroxylation is 1. The normalized spacial score (nSPS) is 12.5. The Morgan fingerprint density at radius 3 is 2.35 bits per heavy atom. The minimum absolute atomic E-state index is 0.0927. The molecule has 1 heterocycles. The number of hydrogen-bond donors (Lipinski definition) is 1. The number of carbonyl (C=O) groups is 2. The lowest BCUT2D eigenvalue weighted by Gasteiger charge is -2.27. The lowest BCUT2D eigenvalue weighted by atomic mass is 10.1. The number of aromatic nitrogens is 2. The molecular weight excluding hydrogens is 294 g/mol. The van der Waals surface area contributed by atoms with E-state index in [1.54, 1.807) is 0 Å². The second-order valence-corrected chi connectivity index (χ2v) is 6.57. The standard InChI is InChI=1S/C17H29N3O3/c1-7-12(4)19(10-17(22)23)16(21)8-15-13(5)18-20(14(15)6)9-11(2)3/h11-12H,7-10H2,1-6H3,(H,22,23). The van der Waals surface area contributed by atoms with E-state index in [1.807, 2.05) is 32.4 Å². The van der Waals surface area contributed by atoms with Crippen LogP contribution in [0.15, 0.2) is 0 Å². The molecule has 0 saturated carbocycles. The Hall–Kier alpha value is -1.85. The van der Waals surface area contributed by atoms with Crippen LogP contribution in [-0.4, -0.2) is 44.3 Å². The number of carboxylic acid groups (broad SMARTS) is 1. The SMILES string of the molecule is CCC(C)N(CC(=O)O)C(=O)Cc1c(C)nn(CC(C)C)c1C. The van der Waals surface area contributed by atoms with E-state index in [1.165, 1.54) is 4.90 Å². The molecular formula is C17H29N3O3. The van der Waals surface area contributed by atoms with Crippen molar-refractivity contribution in [2.75, 3.05) is 6.54 Å². The first kappa shape index (κ1) is 19.2. The van der Waals surface area contributed by atoms with Crippen LogP contribution in [0.3, 0.4) is 0 Å². The van der Waals surface area contributed by atoms with Crippen molar-refractivity contribution in [2.45, 2.75) is 67.0 Å². The van der Waals surface area contributed by atoms with E-state index >= 15 is 0 Å². The summed E-state index contributed by atoms with van der Waals surface area (Å²) in [4.78, 5) is 25.1. The molecule has 0 saturated heterocycles. The smallest absolute Gasteiger partial charge is 0.323 e. The largest absolute Gasteiger partial charge is 0.480 e. The highest BCUT2D eigenvalue weighted by atomic mass is 16.4. The number of carbonyl (C=O) groups excluding carboxylic acids is 1. The highest BCUT2D eigenvalue weighted by Crippen LogP contribution is 2.17. The van der Waals surface area contributed by atoms with Crippen LogP contribution in [0.25, 0.3) is 0 Å². The molecule has 6 nitrogen and oxygen atoms in total. The van der Waals surface area contributed by atoms with E-state index in [9.17, 15) is 9.59 Å². The van der Waals surface area contributed by atoms with Crippen LogP contribution in [0.5, 0.6) is 0 Å². The summed E-state index contributed by atoms with van der Waals surface area (Å²) in [5, 5.41) is 13.6. The van der Waals surface area contributed by atoms with Gasteiger partial charge in [-0.1, -0.05) is 20.8 Å². The molecule has 0 aromatic carbocycles. The lowest BCUT2D eigenvalue weighted by Crippen LogP contribution is -2.42. The van der Waals surface area contributed by atoms with Gasteiger partial charge in [-0.25, -0.2) is 0 Å². The average molecular weight is 323 g/mol. The average Bonchev–Trinajstić information content (AvgIpc) is 2.70. The summed E-state index contributed by atoms with van der Waals surface area (Å²) < 4.78 is 1.94. The predicted octanol–water partition coefficient (Wildman–Crippen LogP) is 2.41. The third kappa shape index (κ3) is 5.08. The van der Waals surface area contributed by atoms with Gasteiger partial charge in [0.15, 0.2) is 0 Å². The van der Waals surface area contributed by atoms with Gasteiger partial charge in [-0.15, -0.1) is 0 Å². The van der Waals surface area contributed by atoms with Crippen molar-refractivity contribution in [3.05, 3.63) is 17.0 Å². The first-order valence-electron chi connectivity index (χ1n) is 8.21. The van der Waals surface area contributed by atoms with Gasteiger partial charge in [0.25, 0.3) is 0 Å². The molecule has 0 radical (unpaired) electrons. The van der Waals surface area contributed by atoms with Gasteiger partial charge in [-0.2, -0.15) is 5.10 Å². The molecule has 0 aliphatic heterocycles. The van der Waals surface area contributed by atoms with Gasteiger partial charge >= 0.3 is 5.97 Å². The Labute approximate surface area is 138 Å². The molecule has 1 amide bonds. The molecule has 1 N–H and O–H groups in total. The quantitative estimate of drug-likeness (QED) is 0.797. The van der Waals surface area contributed by atoms with Gasteiger partial charge in [-0.3, -0.25) is 14.3 Å². The number of carboxylic acids is 1. The van der Waals surface area contributed by atoms with Gasteiger partial charge < -0.3 is 10.0 Å². The molecule has 0 aliphatic carbocycles. The first-order valence-corrected chi connectivity index (χ1v) is 8.21. The number of nitrogens with zero attached hydrogens (tertiary/aromatic N) is 3. The van der Waals surface area contributed by atoms with Gasteiger partial charge in [0.05, 0.1) is 12.1 Å². The molecule has 0 spiro atoms. The third-order valence-electron chi connectivity index (χ3n) is 4.15. The molecule has 0 bridgehead atoms. The molecule has 1 atom stereocenters. The maximum Gasteiger partial charge on any atom is 0.323 e. The molecule has 23 heavy (non-hydrogen) atoms. The van der Waals surface area contributed by atoms with E-state index in [0.717, 1.165) is 29.9 Å². The third-order valence-corrected chi connectivity index (χ3v) is 4.15. The summed E-state index contributed by atoms with van der Waals surface area (Å²) >= 11 is 0. The predicted molar refractivity (Wildman–Crippen MR) is 89.3 cm³/mol. The fourth-order valence-electron chi connectivity index (χ4n) is 2.62. The van der Waals surface area contributed by atoms with Crippen LogP contribution in [0.2, 0.25) is 0 Å². The first-order chi connectivity index (χ1) is 10.7. The van der Waals surface area contributed by atoms with Gasteiger partial charge in [0.1, 0.15) is 6.54 Å². The summed E-state index contributed by atoms with van der Waals surface area (Å²) in [7, 11) is 0. The summed E-state index contributed by atoms with van der Waals surface area (Å²) in [5.41, 5.74) is 2.74. The minimum Gasteiger partial charge on any atom is -0.480 e. The highest BCUT2D eigenvalue weighted by Gasteiger charge is 2.24. The topological polar surface area (TPSA) is 75.4 Å². The molecule has 1 aromatic heterocycles. The van der Waals surface area contributed by atoms with Crippen molar-refractivity contribution in [1.82, 2.24) is 14.7 Å². The van der Waals surface area contributed by atoms with Crippen molar-refractivity contribution >= 4 is 11.9 Å². The Balaban J connectivity index is 2.98. The van der Waals surface area contributed by atoms with E-state index < -0.39 is 5.97 Å². The number of rotatable bonds is 8. The van der Waals surface area contributed by atoms with Crippen molar-refractivity contribution < 1.29 is 14.7 Å². The van der Waals surface area contributed by atoms with Gasteiger partial charge in [0.2, 0.25) is 5.91 Å². The molecule has 1 aromatic rings. The van der Waals surface area contributed by atoms with Crippen molar-refractivity contribution in [2.24, 2.45) is 5.92 Å². The zero-order valence-corrected chi connectivity index (χ0v) is 15.1. The van der Waals surface area contributed by atoms with Crippen LogP contribution < -0.4 is 0 Å². The number of amides is 1. The monoisotopic (exact) mass is 323 g/mol. The van der Waals surface area contributed by atoms with Crippen molar-refractivity contribution in [3.63, 3.8) is 0 Å². The van der Waals surface area contributed by atoms with Crippen LogP contribution in [0.4, 0.5) is 0 Å². The molecule has 0 aliphatic rings. The fourth-order valence-corrected chi connectivity index (χ4v) is 2.62. The molecule has 6 heteroatoms. The van der Waals surface area contributed by atoms with Crippen LogP contribution >= 0.6 is 0 Å². The number of hydrogen-bond acceptors (Lipinski definition) is 3. The van der Waals surface area contributed by atoms with Gasteiger partial charge in [-0.05, 0) is 33.1 Å². The summed E-state index contributed by atoms with van der Waals surface area (Å²) in [5.74, 6) is -0.667. The Morgan fingerprint density at radius 1 is 1.26 bits per heavy atom. The van der Waals surface area contributed by atoms with Crippen molar-refractivity contribution in [1.29, 1.82) is 0 Å². The maximum atomic E-state index is 12.6. The maximum absolute atomic E-state index is 12.6. The summed E-state index contributed by atoms with van der Waals surface area (Å²) in [6, 6.07) is -0.0927. The molecule has 130 valence electrons. The molecule has 1 unspecified atom stereocenters. The zero-order chi connectivity index (χ0) is 17.7. The Bertz CT molecular complexity index is 564. The van der Waals surface area contributed by atoms with E-state index in [0.29, 0.717) is 5.92 Å². The molecule has 1 rings (SSSR count). The second-order valence-electron chi connectivity index (χ2n) is 6.57. The highest BCUT2D eigenvalue weighted by molar-refractivity contribution is 5.83. The summed E-state index contributed by atoms with van der Waals surface area (Å²) in [6.07, 6.45) is 0.928. The summed E-state index contributed by atoms with van der Waals surface area (Å²) in [6.45, 7) is 12.5. The Morgan fingerprint density at radius 2 is 1.87 bits per heavy atom. The van der Waals surface area contributed by atoms with Crippen LogP contribution in [0.1, 0.15) is 51.1 Å². The van der Waals surface area contributed by atoms with E-state index in [-0.39, 0.29) is 24.9 Å². The Kier molecular flexibility index (Phi) is 6.79. The number of aliphatic carboxylic acids is 1. The molecule has 0 fully saturated rings. The lowest BCUT2D eigenvalue weighted by molar-refractivity contribution is -0.145. The van der Waals surface area contributed by atoms with Gasteiger partial charge in [0, 0.05) is 23.8 Å².